The van der Waals surface area contributed by atoms with Crippen molar-refractivity contribution in [2.45, 2.75) is 11.8 Å². The lowest BCUT2D eigenvalue weighted by atomic mass is 10.2. The van der Waals surface area contributed by atoms with Gasteiger partial charge >= 0.3 is 0 Å². The molecular formula is C16H15N3O4S. The number of amides is 1. The van der Waals surface area contributed by atoms with E-state index in [0.717, 1.165) is 5.04 Å². The summed E-state index contributed by atoms with van der Waals surface area (Å²) in [6, 6.07) is 10.1. The lowest BCUT2D eigenvalue weighted by Crippen LogP contribution is -2.13. The Labute approximate surface area is 142 Å². The normalized spacial score (nSPS) is 11.2. The van der Waals surface area contributed by atoms with Gasteiger partial charge in [0.1, 0.15) is 5.75 Å². The topological polar surface area (TPSA) is 105 Å². The van der Waals surface area contributed by atoms with Crippen LogP contribution in [0.2, 0.25) is 0 Å². The lowest BCUT2D eigenvalue weighted by molar-refractivity contribution is -0.384. The number of nitro benzene ring substituents is 1. The SMILES string of the molecule is CN=C(C)Sc1ccc([N+](=O)[O-])cc1C(=O)Nc1ccc(O)cc1. The number of phenols is 1. The number of carbonyl (C=O) groups is 1. The van der Waals surface area contributed by atoms with Gasteiger partial charge in [0, 0.05) is 29.8 Å². The Bertz CT molecular complexity index is 803. The molecule has 0 aromatic heterocycles. The Morgan fingerprint density at radius 1 is 1.25 bits per heavy atom. The minimum atomic E-state index is -0.549. The molecule has 0 spiro atoms. The molecule has 0 fully saturated rings. The second-order valence-corrected chi connectivity index (χ2v) is 6.02. The van der Waals surface area contributed by atoms with Crippen molar-refractivity contribution >= 4 is 34.1 Å². The van der Waals surface area contributed by atoms with Gasteiger partial charge in [-0.05, 0) is 37.3 Å². The van der Waals surface area contributed by atoms with E-state index < -0.39 is 10.8 Å². The molecule has 0 aliphatic carbocycles. The monoisotopic (exact) mass is 345 g/mol. The van der Waals surface area contributed by atoms with E-state index in [9.17, 15) is 20.0 Å². The summed E-state index contributed by atoms with van der Waals surface area (Å²) in [4.78, 5) is 27.5. The van der Waals surface area contributed by atoms with Gasteiger partial charge in [0.2, 0.25) is 0 Å². The van der Waals surface area contributed by atoms with Crippen LogP contribution in [0.3, 0.4) is 0 Å². The third kappa shape index (κ3) is 4.32. The van der Waals surface area contributed by atoms with Gasteiger partial charge in [0.25, 0.3) is 11.6 Å². The quantitative estimate of drug-likeness (QED) is 0.219. The van der Waals surface area contributed by atoms with E-state index in [-0.39, 0.29) is 17.0 Å². The summed E-state index contributed by atoms with van der Waals surface area (Å²) in [5.41, 5.74) is 0.493. The van der Waals surface area contributed by atoms with E-state index in [1.807, 2.05) is 0 Å². The van der Waals surface area contributed by atoms with E-state index in [2.05, 4.69) is 10.3 Å². The maximum atomic E-state index is 12.5. The summed E-state index contributed by atoms with van der Waals surface area (Å²) in [5, 5.41) is 23.6. The predicted octanol–water partition coefficient (Wildman–Crippen LogP) is 3.69. The molecule has 0 unspecified atom stereocenters. The number of aromatic hydroxyl groups is 1. The third-order valence-electron chi connectivity index (χ3n) is 3.12. The van der Waals surface area contributed by atoms with Crippen LogP contribution in [-0.2, 0) is 0 Å². The highest BCUT2D eigenvalue weighted by molar-refractivity contribution is 8.14. The lowest BCUT2D eigenvalue weighted by Gasteiger charge is -2.10. The summed E-state index contributed by atoms with van der Waals surface area (Å²) >= 11 is 1.26. The molecule has 0 saturated heterocycles. The second-order valence-electron chi connectivity index (χ2n) is 4.78. The van der Waals surface area contributed by atoms with E-state index in [1.165, 1.54) is 54.2 Å². The molecule has 0 aliphatic rings. The van der Waals surface area contributed by atoms with Crippen LogP contribution in [-0.4, -0.2) is 28.0 Å². The fraction of sp³-hybridized carbons (Fsp3) is 0.125. The molecule has 0 bridgehead atoms. The Balaban J connectivity index is 2.36. The van der Waals surface area contributed by atoms with Gasteiger partial charge in [-0.25, -0.2) is 0 Å². The van der Waals surface area contributed by atoms with Crippen LogP contribution in [0, 0.1) is 10.1 Å². The third-order valence-corrected chi connectivity index (χ3v) is 4.17. The average molecular weight is 345 g/mol. The molecule has 0 atom stereocenters. The van der Waals surface area contributed by atoms with Gasteiger partial charge in [-0.1, -0.05) is 11.8 Å². The second kappa shape index (κ2) is 7.60. The first-order valence-electron chi connectivity index (χ1n) is 6.90. The smallest absolute Gasteiger partial charge is 0.270 e. The molecule has 0 saturated carbocycles. The van der Waals surface area contributed by atoms with E-state index in [4.69, 9.17) is 0 Å². The van der Waals surface area contributed by atoms with Gasteiger partial charge in [-0.15, -0.1) is 0 Å². The van der Waals surface area contributed by atoms with Gasteiger partial charge in [-0.3, -0.25) is 19.9 Å². The van der Waals surface area contributed by atoms with E-state index in [1.54, 1.807) is 14.0 Å². The van der Waals surface area contributed by atoms with Crippen molar-refractivity contribution in [3.05, 3.63) is 58.1 Å². The number of aliphatic imine (C=N–C) groups is 1. The summed E-state index contributed by atoms with van der Waals surface area (Å²) in [7, 11) is 1.63. The van der Waals surface area contributed by atoms with Crippen LogP contribution >= 0.6 is 11.8 Å². The Kier molecular flexibility index (Phi) is 5.54. The summed E-state index contributed by atoms with van der Waals surface area (Å²) in [5.74, 6) is -0.398. The van der Waals surface area contributed by atoms with Crippen LogP contribution in [0.4, 0.5) is 11.4 Å². The first-order chi connectivity index (χ1) is 11.4. The van der Waals surface area contributed by atoms with Crippen molar-refractivity contribution in [3.8, 4) is 5.75 Å². The Morgan fingerprint density at radius 2 is 1.92 bits per heavy atom. The highest BCUT2D eigenvalue weighted by Crippen LogP contribution is 2.28. The maximum absolute atomic E-state index is 12.5. The number of hydrogen-bond donors (Lipinski definition) is 2. The highest BCUT2D eigenvalue weighted by Gasteiger charge is 2.18. The van der Waals surface area contributed by atoms with Crippen LogP contribution in [0.25, 0.3) is 0 Å². The van der Waals surface area contributed by atoms with E-state index in [0.29, 0.717) is 10.6 Å². The van der Waals surface area contributed by atoms with Crippen molar-refractivity contribution in [3.63, 3.8) is 0 Å². The number of nitrogens with zero attached hydrogens (tertiary/aromatic N) is 2. The number of nitrogens with one attached hydrogen (secondary N) is 1. The molecule has 0 aliphatic heterocycles. The van der Waals surface area contributed by atoms with Crippen molar-refractivity contribution in [1.82, 2.24) is 0 Å². The molecule has 1 amide bonds. The van der Waals surface area contributed by atoms with E-state index >= 15 is 0 Å². The number of phenolic OH excluding ortho intramolecular Hbond substituents is 1. The number of rotatable bonds is 4. The fourth-order valence-corrected chi connectivity index (χ4v) is 2.65. The number of benzene rings is 2. The predicted molar refractivity (Wildman–Crippen MR) is 94.0 cm³/mol. The molecule has 2 rings (SSSR count). The van der Waals surface area contributed by atoms with Crippen molar-refractivity contribution in [2.75, 3.05) is 12.4 Å². The van der Waals surface area contributed by atoms with Crippen molar-refractivity contribution < 1.29 is 14.8 Å². The maximum Gasteiger partial charge on any atom is 0.270 e. The number of anilines is 1. The molecule has 24 heavy (non-hydrogen) atoms. The molecule has 0 heterocycles. The van der Waals surface area contributed by atoms with Gasteiger partial charge in [-0.2, -0.15) is 0 Å². The largest absolute Gasteiger partial charge is 0.508 e. The Morgan fingerprint density at radius 3 is 2.50 bits per heavy atom. The molecule has 2 N–H and O–H groups in total. The molecule has 0 radical (unpaired) electrons. The number of carbonyl (C=O) groups excluding carboxylic acids is 1. The zero-order chi connectivity index (χ0) is 17.7. The Hall–Kier alpha value is -2.87. The van der Waals surface area contributed by atoms with Gasteiger partial charge < -0.3 is 10.4 Å². The van der Waals surface area contributed by atoms with Crippen LogP contribution in [0.1, 0.15) is 17.3 Å². The van der Waals surface area contributed by atoms with Crippen LogP contribution < -0.4 is 5.32 Å². The molecule has 2 aromatic carbocycles. The van der Waals surface area contributed by atoms with Crippen LogP contribution in [0.15, 0.2) is 52.4 Å². The first-order valence-corrected chi connectivity index (χ1v) is 7.72. The van der Waals surface area contributed by atoms with Crippen molar-refractivity contribution in [1.29, 1.82) is 0 Å². The minimum absolute atomic E-state index is 0.0781. The molecule has 7 nitrogen and oxygen atoms in total. The van der Waals surface area contributed by atoms with Crippen molar-refractivity contribution in [2.24, 2.45) is 4.99 Å². The van der Waals surface area contributed by atoms with Gasteiger partial charge in [0.05, 0.1) is 15.5 Å². The molecule has 124 valence electrons. The summed E-state index contributed by atoms with van der Waals surface area (Å²) in [6.07, 6.45) is 0. The molecule has 2 aromatic rings. The van der Waals surface area contributed by atoms with Gasteiger partial charge in [0.15, 0.2) is 0 Å². The number of nitro groups is 1. The van der Waals surface area contributed by atoms with Crippen LogP contribution in [0.5, 0.6) is 5.75 Å². The number of hydrogen-bond acceptors (Lipinski definition) is 6. The number of thioether (sulfide) groups is 1. The standard InChI is InChI=1S/C16H15N3O4S/c1-10(17-2)24-15-8-5-12(19(22)23)9-14(15)16(21)18-11-3-6-13(20)7-4-11/h3-9,20H,1-2H3,(H,18,21). The number of non-ortho nitro benzene ring substituents is 1. The minimum Gasteiger partial charge on any atom is -0.508 e. The summed E-state index contributed by atoms with van der Waals surface area (Å²) in [6.45, 7) is 1.79. The zero-order valence-electron chi connectivity index (χ0n) is 13.0. The summed E-state index contributed by atoms with van der Waals surface area (Å²) < 4.78 is 0. The molecule has 8 heteroatoms. The molecular weight excluding hydrogens is 330 g/mol. The zero-order valence-corrected chi connectivity index (χ0v) is 13.8. The highest BCUT2D eigenvalue weighted by atomic mass is 32.2. The average Bonchev–Trinajstić information content (AvgIpc) is 2.56. The fourth-order valence-electron chi connectivity index (χ4n) is 1.85. The first kappa shape index (κ1) is 17.5.